The van der Waals surface area contributed by atoms with Crippen LogP contribution in [0.25, 0.3) is 0 Å². The Morgan fingerprint density at radius 1 is 1.60 bits per heavy atom. The molecule has 1 atom stereocenters. The van der Waals surface area contributed by atoms with Crippen LogP contribution in [0.4, 0.5) is 0 Å². The second-order valence-electron chi connectivity index (χ2n) is 3.93. The number of methoxy groups -OCH3 is 1. The predicted octanol–water partition coefficient (Wildman–Crippen LogP) is -0.990. The molecule has 0 spiro atoms. The summed E-state index contributed by atoms with van der Waals surface area (Å²) in [5.41, 5.74) is 2.33. The van der Waals surface area contributed by atoms with Gasteiger partial charge in [0.15, 0.2) is 5.82 Å². The van der Waals surface area contributed by atoms with Crippen molar-refractivity contribution in [2.24, 2.45) is 12.9 Å². The molecule has 7 nitrogen and oxygen atoms in total. The third-order valence-electron chi connectivity index (χ3n) is 2.50. The molecule has 0 aliphatic carbocycles. The lowest BCUT2D eigenvalue weighted by Gasteiger charge is -2.31. The quantitative estimate of drug-likeness (QED) is 0.483. The van der Waals surface area contributed by atoms with Crippen LogP contribution in [-0.2, 0) is 18.2 Å². The molecule has 1 heterocycles. The number of nitrogens with two attached hydrogens (primary N) is 1. The monoisotopic (exact) mass is 214 g/mol. The first-order chi connectivity index (χ1) is 6.99. The van der Waals surface area contributed by atoms with Crippen molar-refractivity contribution in [1.82, 2.24) is 25.6 Å². The van der Waals surface area contributed by atoms with Gasteiger partial charge in [0.25, 0.3) is 0 Å². The summed E-state index contributed by atoms with van der Waals surface area (Å²) in [5.74, 6) is 6.12. The normalized spacial score (nSPS) is 14.2. The van der Waals surface area contributed by atoms with Crippen molar-refractivity contribution in [3.05, 3.63) is 5.82 Å². The van der Waals surface area contributed by atoms with E-state index in [9.17, 15) is 0 Å². The van der Waals surface area contributed by atoms with Crippen LogP contribution >= 0.6 is 0 Å². The summed E-state index contributed by atoms with van der Waals surface area (Å²) in [7, 11) is 3.37. The predicted molar refractivity (Wildman–Crippen MR) is 54.7 cm³/mol. The first-order valence-corrected chi connectivity index (χ1v) is 4.73. The van der Waals surface area contributed by atoms with Gasteiger partial charge >= 0.3 is 0 Å². The van der Waals surface area contributed by atoms with E-state index in [4.69, 9.17) is 10.6 Å². The van der Waals surface area contributed by atoms with E-state index in [0.717, 1.165) is 0 Å². The fourth-order valence-corrected chi connectivity index (χ4v) is 1.24. The van der Waals surface area contributed by atoms with E-state index in [2.05, 4.69) is 20.8 Å². The molecule has 1 rings (SSSR count). The molecule has 15 heavy (non-hydrogen) atoms. The van der Waals surface area contributed by atoms with Crippen molar-refractivity contribution in [2.75, 3.05) is 7.11 Å². The number of ether oxygens (including phenoxy) is 1. The van der Waals surface area contributed by atoms with Gasteiger partial charge in [0, 0.05) is 13.5 Å². The summed E-state index contributed by atoms with van der Waals surface area (Å²) < 4.78 is 5.34. The van der Waals surface area contributed by atoms with Crippen LogP contribution < -0.4 is 11.3 Å². The molecule has 0 fully saturated rings. The van der Waals surface area contributed by atoms with Crippen molar-refractivity contribution in [3.8, 4) is 0 Å². The van der Waals surface area contributed by atoms with Crippen LogP contribution in [0, 0.1) is 0 Å². The van der Waals surface area contributed by atoms with E-state index in [-0.39, 0.29) is 11.6 Å². The van der Waals surface area contributed by atoms with Crippen molar-refractivity contribution in [3.63, 3.8) is 0 Å². The minimum atomic E-state index is -0.381. The number of aromatic nitrogens is 4. The molecule has 1 aromatic rings. The number of nitrogens with zero attached hydrogens (tertiary/aromatic N) is 4. The summed E-state index contributed by atoms with van der Waals surface area (Å²) >= 11 is 0. The van der Waals surface area contributed by atoms with Crippen molar-refractivity contribution in [1.29, 1.82) is 0 Å². The Kier molecular flexibility index (Phi) is 3.72. The first kappa shape index (κ1) is 12.0. The molecule has 0 aliphatic heterocycles. The van der Waals surface area contributed by atoms with E-state index in [0.29, 0.717) is 12.2 Å². The maximum atomic E-state index is 5.48. The van der Waals surface area contributed by atoms with Crippen LogP contribution in [0.1, 0.15) is 19.7 Å². The second-order valence-corrected chi connectivity index (χ2v) is 3.93. The average molecular weight is 214 g/mol. The molecule has 0 radical (unpaired) electrons. The zero-order valence-electron chi connectivity index (χ0n) is 9.56. The van der Waals surface area contributed by atoms with Crippen LogP contribution in [0.2, 0.25) is 0 Å². The molecular weight excluding hydrogens is 196 g/mol. The Hall–Kier alpha value is -1.05. The van der Waals surface area contributed by atoms with Crippen molar-refractivity contribution in [2.45, 2.75) is 31.9 Å². The van der Waals surface area contributed by atoms with Gasteiger partial charge in [-0.15, -0.1) is 10.2 Å². The Morgan fingerprint density at radius 3 is 2.67 bits per heavy atom. The van der Waals surface area contributed by atoms with E-state index in [1.165, 1.54) is 4.80 Å². The van der Waals surface area contributed by atoms with Gasteiger partial charge in [-0.05, 0) is 19.1 Å². The van der Waals surface area contributed by atoms with E-state index >= 15 is 0 Å². The smallest absolute Gasteiger partial charge is 0.176 e. The Labute approximate surface area is 88.9 Å². The highest BCUT2D eigenvalue weighted by Gasteiger charge is 2.29. The maximum absolute atomic E-state index is 5.48. The van der Waals surface area contributed by atoms with E-state index in [1.54, 1.807) is 14.2 Å². The summed E-state index contributed by atoms with van der Waals surface area (Å²) in [4.78, 5) is 1.42. The fraction of sp³-hybridized carbons (Fsp3) is 0.875. The molecule has 1 unspecified atom stereocenters. The molecule has 7 heteroatoms. The SMILES string of the molecule is COC(C)(C)C(Cc1nnn(C)n1)NN. The maximum Gasteiger partial charge on any atom is 0.176 e. The van der Waals surface area contributed by atoms with Crippen LogP contribution in [0.15, 0.2) is 0 Å². The van der Waals surface area contributed by atoms with Gasteiger partial charge in [0.05, 0.1) is 18.7 Å². The highest BCUT2D eigenvalue weighted by Crippen LogP contribution is 2.15. The number of rotatable bonds is 5. The number of aryl methyl sites for hydroxylation is 1. The average Bonchev–Trinajstić information content (AvgIpc) is 2.60. The molecule has 3 N–H and O–H groups in total. The minimum Gasteiger partial charge on any atom is -0.377 e. The van der Waals surface area contributed by atoms with Gasteiger partial charge in [0.1, 0.15) is 0 Å². The third-order valence-corrected chi connectivity index (χ3v) is 2.50. The highest BCUT2D eigenvalue weighted by atomic mass is 16.5. The molecule has 1 aromatic heterocycles. The van der Waals surface area contributed by atoms with Gasteiger partial charge in [-0.2, -0.15) is 4.80 Å². The summed E-state index contributed by atoms with van der Waals surface area (Å²) in [6, 6.07) is -0.0632. The summed E-state index contributed by atoms with van der Waals surface area (Å²) in [6.45, 7) is 3.90. The fourth-order valence-electron chi connectivity index (χ4n) is 1.24. The molecule has 0 saturated carbocycles. The van der Waals surface area contributed by atoms with E-state index in [1.807, 2.05) is 13.8 Å². The van der Waals surface area contributed by atoms with Crippen LogP contribution in [0.3, 0.4) is 0 Å². The molecule has 0 bridgehead atoms. The molecule has 86 valence electrons. The van der Waals surface area contributed by atoms with Gasteiger partial charge < -0.3 is 4.74 Å². The molecule has 0 amide bonds. The Morgan fingerprint density at radius 2 is 2.27 bits per heavy atom. The zero-order chi connectivity index (χ0) is 11.5. The van der Waals surface area contributed by atoms with Crippen LogP contribution in [0.5, 0.6) is 0 Å². The number of tetrazole rings is 1. The third kappa shape index (κ3) is 2.95. The Bertz CT molecular complexity index is 310. The molecule has 0 aromatic carbocycles. The lowest BCUT2D eigenvalue weighted by molar-refractivity contribution is -0.0106. The second kappa shape index (κ2) is 4.65. The lowest BCUT2D eigenvalue weighted by Crippen LogP contribution is -2.52. The molecule has 0 aliphatic rings. The first-order valence-electron chi connectivity index (χ1n) is 4.73. The number of hydrazine groups is 1. The largest absolute Gasteiger partial charge is 0.377 e. The summed E-state index contributed by atoms with van der Waals surface area (Å²) in [5, 5.41) is 11.7. The molecular formula is C8H18N6O. The van der Waals surface area contributed by atoms with E-state index < -0.39 is 0 Å². The lowest BCUT2D eigenvalue weighted by atomic mass is 9.96. The minimum absolute atomic E-state index is 0.0632. The van der Waals surface area contributed by atoms with Crippen molar-refractivity contribution >= 4 is 0 Å². The van der Waals surface area contributed by atoms with Gasteiger partial charge in [0.2, 0.25) is 0 Å². The topological polar surface area (TPSA) is 90.9 Å². The summed E-state index contributed by atoms with van der Waals surface area (Å²) in [6.07, 6.45) is 0.575. The van der Waals surface area contributed by atoms with Crippen LogP contribution in [-0.4, -0.2) is 39.0 Å². The molecule has 0 saturated heterocycles. The standard InChI is InChI=1S/C8H18N6O/c1-8(2,15-4)6(10-9)5-7-11-13-14(3)12-7/h6,10H,5,9H2,1-4H3. The van der Waals surface area contributed by atoms with Gasteiger partial charge in [-0.25, -0.2) is 0 Å². The van der Waals surface area contributed by atoms with Gasteiger partial charge in [-0.1, -0.05) is 0 Å². The highest BCUT2D eigenvalue weighted by molar-refractivity contribution is 4.92. The van der Waals surface area contributed by atoms with Gasteiger partial charge in [-0.3, -0.25) is 11.3 Å². The number of hydrogen-bond acceptors (Lipinski definition) is 6. The number of nitrogens with one attached hydrogen (secondary N) is 1. The van der Waals surface area contributed by atoms with Crippen molar-refractivity contribution < 1.29 is 4.74 Å². The number of hydrogen-bond donors (Lipinski definition) is 2. The Balaban J connectivity index is 2.69. The zero-order valence-corrected chi connectivity index (χ0v) is 9.56.